The highest BCUT2D eigenvalue weighted by atomic mass is 16.7. The molecule has 1 spiro atoms. The second kappa shape index (κ2) is 7.67. The van der Waals surface area contributed by atoms with Crippen molar-refractivity contribution in [3.8, 4) is 0 Å². The van der Waals surface area contributed by atoms with Gasteiger partial charge in [0.15, 0.2) is 6.29 Å². The maximum atomic E-state index is 12.7. The summed E-state index contributed by atoms with van der Waals surface area (Å²) >= 11 is 0. The van der Waals surface area contributed by atoms with Crippen LogP contribution in [0.3, 0.4) is 0 Å². The molecule has 142 valence electrons. The summed E-state index contributed by atoms with van der Waals surface area (Å²) in [6.07, 6.45) is 5.15. The van der Waals surface area contributed by atoms with Gasteiger partial charge in [0.2, 0.25) is 0 Å². The number of carbonyl (C=O) groups is 1. The van der Waals surface area contributed by atoms with E-state index in [2.05, 4.69) is 20.8 Å². The molecule has 0 aromatic rings. The highest BCUT2D eigenvalue weighted by Crippen LogP contribution is 2.47. The van der Waals surface area contributed by atoms with E-state index >= 15 is 0 Å². The Morgan fingerprint density at radius 2 is 1.88 bits per heavy atom. The lowest BCUT2D eigenvalue weighted by atomic mass is 9.73. The zero-order chi connectivity index (χ0) is 18.0. The normalized spacial score (nSPS) is 33.9. The van der Waals surface area contributed by atoms with E-state index < -0.39 is 5.79 Å². The summed E-state index contributed by atoms with van der Waals surface area (Å²) < 4.78 is 23.1. The van der Waals surface area contributed by atoms with Crippen LogP contribution in [0.1, 0.15) is 66.2 Å². The van der Waals surface area contributed by atoms with Crippen LogP contribution in [0, 0.1) is 17.8 Å². The van der Waals surface area contributed by atoms with Crippen LogP contribution in [0.2, 0.25) is 0 Å². The van der Waals surface area contributed by atoms with E-state index in [0.717, 1.165) is 31.4 Å². The summed E-state index contributed by atoms with van der Waals surface area (Å²) in [5, 5.41) is 0. The maximum absolute atomic E-state index is 12.7. The van der Waals surface area contributed by atoms with Crippen LogP contribution in [0.15, 0.2) is 11.3 Å². The Morgan fingerprint density at radius 1 is 1.16 bits per heavy atom. The summed E-state index contributed by atoms with van der Waals surface area (Å²) in [4.78, 5) is 12.7. The maximum Gasteiger partial charge on any atom is 0.340 e. The number of allylic oxidation sites excluding steroid dienone is 1. The predicted octanol–water partition coefficient (Wildman–Crippen LogP) is 4.17. The van der Waals surface area contributed by atoms with Gasteiger partial charge >= 0.3 is 5.97 Å². The molecular formula is C20H32O5. The number of esters is 1. The number of carbonyl (C=O) groups excluding carboxylic acids is 1. The summed E-state index contributed by atoms with van der Waals surface area (Å²) in [7, 11) is 0. The second-order valence-corrected chi connectivity index (χ2v) is 8.09. The lowest BCUT2D eigenvalue weighted by Gasteiger charge is -2.47. The first kappa shape index (κ1) is 18.7. The van der Waals surface area contributed by atoms with Gasteiger partial charge in [0, 0.05) is 12.3 Å². The number of rotatable bonds is 5. The van der Waals surface area contributed by atoms with Crippen molar-refractivity contribution in [1.82, 2.24) is 0 Å². The Bertz CT molecular complexity index is 520. The molecule has 0 unspecified atom stereocenters. The molecular weight excluding hydrogens is 320 g/mol. The zero-order valence-electron chi connectivity index (χ0n) is 16.0. The fraction of sp³-hybridized carbons (Fsp3) is 0.850. The van der Waals surface area contributed by atoms with Gasteiger partial charge in [-0.2, -0.15) is 0 Å². The number of hydrogen-bond acceptors (Lipinski definition) is 5. The Hall–Kier alpha value is -1.07. The molecule has 5 heteroatoms. The third kappa shape index (κ3) is 4.03. The van der Waals surface area contributed by atoms with Gasteiger partial charge in [0.05, 0.1) is 18.8 Å². The highest BCUT2D eigenvalue weighted by molar-refractivity contribution is 5.89. The second-order valence-electron chi connectivity index (χ2n) is 8.09. The molecule has 0 aromatic carbocycles. The molecule has 1 saturated heterocycles. The standard InChI is InChI=1S/C20H32O5/c1-13(2)16-9-8-14(3)20(12-16)24-15(4)17(19(21)25-20)6-5-7-18-22-10-11-23-18/h13-14,16,18H,5-12H2,1-4H3/t14-,16-,20-/m1/s1. The van der Waals surface area contributed by atoms with Crippen molar-refractivity contribution in [3.05, 3.63) is 11.3 Å². The van der Waals surface area contributed by atoms with Gasteiger partial charge in [0.1, 0.15) is 5.76 Å². The summed E-state index contributed by atoms with van der Waals surface area (Å²) in [5.41, 5.74) is 0.669. The van der Waals surface area contributed by atoms with Crippen molar-refractivity contribution in [2.75, 3.05) is 13.2 Å². The molecule has 1 aliphatic carbocycles. The van der Waals surface area contributed by atoms with Crippen LogP contribution >= 0.6 is 0 Å². The minimum Gasteiger partial charge on any atom is -0.456 e. The fourth-order valence-corrected chi connectivity index (χ4v) is 4.21. The SMILES string of the molecule is CC1=C(CCCC2OCCO2)C(=O)O[C@@]2(C[C@H](C(C)C)CC[C@H]2C)O1. The van der Waals surface area contributed by atoms with E-state index in [0.29, 0.717) is 37.0 Å². The zero-order valence-corrected chi connectivity index (χ0v) is 16.0. The monoisotopic (exact) mass is 352 g/mol. The third-order valence-corrected chi connectivity index (χ3v) is 6.03. The molecule has 0 aromatic heterocycles. The van der Waals surface area contributed by atoms with Gasteiger partial charge in [-0.05, 0) is 50.9 Å². The molecule has 0 amide bonds. The first-order chi connectivity index (χ1) is 11.9. The van der Waals surface area contributed by atoms with Crippen molar-refractivity contribution in [3.63, 3.8) is 0 Å². The van der Waals surface area contributed by atoms with E-state index in [1.807, 2.05) is 6.92 Å². The molecule has 0 radical (unpaired) electrons. The first-order valence-corrected chi connectivity index (χ1v) is 9.76. The smallest absolute Gasteiger partial charge is 0.340 e. The topological polar surface area (TPSA) is 54.0 Å². The highest BCUT2D eigenvalue weighted by Gasteiger charge is 2.50. The van der Waals surface area contributed by atoms with Gasteiger partial charge < -0.3 is 18.9 Å². The minimum atomic E-state index is -0.768. The average molecular weight is 352 g/mol. The van der Waals surface area contributed by atoms with Crippen molar-refractivity contribution in [2.45, 2.75) is 78.3 Å². The Morgan fingerprint density at radius 3 is 2.52 bits per heavy atom. The van der Waals surface area contributed by atoms with Crippen molar-refractivity contribution >= 4 is 5.97 Å². The van der Waals surface area contributed by atoms with Crippen LogP contribution in [0.4, 0.5) is 0 Å². The van der Waals surface area contributed by atoms with Crippen molar-refractivity contribution in [1.29, 1.82) is 0 Å². The van der Waals surface area contributed by atoms with Crippen molar-refractivity contribution in [2.24, 2.45) is 17.8 Å². The summed E-state index contributed by atoms with van der Waals surface area (Å²) in [6.45, 7) is 9.84. The van der Waals surface area contributed by atoms with Crippen LogP contribution in [-0.2, 0) is 23.7 Å². The molecule has 0 bridgehead atoms. The van der Waals surface area contributed by atoms with E-state index in [1.165, 1.54) is 6.42 Å². The molecule has 2 aliphatic heterocycles. The first-order valence-electron chi connectivity index (χ1n) is 9.76. The average Bonchev–Trinajstić information content (AvgIpc) is 3.06. The quantitative estimate of drug-likeness (QED) is 0.695. The summed E-state index contributed by atoms with van der Waals surface area (Å²) in [5.74, 6) is 1.10. The minimum absolute atomic E-state index is 0.127. The van der Waals surface area contributed by atoms with Gasteiger partial charge in [-0.1, -0.05) is 20.8 Å². The van der Waals surface area contributed by atoms with E-state index in [-0.39, 0.29) is 18.2 Å². The predicted molar refractivity (Wildman–Crippen MR) is 93.5 cm³/mol. The molecule has 3 aliphatic rings. The lowest BCUT2D eigenvalue weighted by molar-refractivity contribution is -0.263. The van der Waals surface area contributed by atoms with Gasteiger partial charge in [-0.15, -0.1) is 0 Å². The summed E-state index contributed by atoms with van der Waals surface area (Å²) in [6, 6.07) is 0. The van der Waals surface area contributed by atoms with Crippen LogP contribution in [0.25, 0.3) is 0 Å². The van der Waals surface area contributed by atoms with Crippen LogP contribution < -0.4 is 0 Å². The molecule has 3 atom stereocenters. The Labute approximate surface area is 151 Å². The van der Waals surface area contributed by atoms with Gasteiger partial charge in [-0.3, -0.25) is 0 Å². The molecule has 0 N–H and O–H groups in total. The molecule has 25 heavy (non-hydrogen) atoms. The molecule has 2 heterocycles. The van der Waals surface area contributed by atoms with Gasteiger partial charge in [-0.25, -0.2) is 4.79 Å². The fourth-order valence-electron chi connectivity index (χ4n) is 4.21. The number of ether oxygens (including phenoxy) is 4. The Balaban J connectivity index is 1.64. The third-order valence-electron chi connectivity index (χ3n) is 6.03. The Kier molecular flexibility index (Phi) is 5.74. The largest absolute Gasteiger partial charge is 0.456 e. The van der Waals surface area contributed by atoms with Crippen LogP contribution in [-0.4, -0.2) is 31.3 Å². The molecule has 3 rings (SSSR count). The van der Waals surface area contributed by atoms with Crippen molar-refractivity contribution < 1.29 is 23.7 Å². The lowest BCUT2D eigenvalue weighted by Crippen LogP contribution is -2.51. The van der Waals surface area contributed by atoms with E-state index in [4.69, 9.17) is 18.9 Å². The van der Waals surface area contributed by atoms with Gasteiger partial charge in [0.25, 0.3) is 5.79 Å². The molecule has 5 nitrogen and oxygen atoms in total. The van der Waals surface area contributed by atoms with E-state index in [1.54, 1.807) is 0 Å². The number of hydrogen-bond donors (Lipinski definition) is 0. The van der Waals surface area contributed by atoms with Crippen LogP contribution in [0.5, 0.6) is 0 Å². The molecule has 2 fully saturated rings. The molecule has 1 saturated carbocycles. The van der Waals surface area contributed by atoms with E-state index in [9.17, 15) is 4.79 Å².